The topological polar surface area (TPSA) is 50.2 Å². The van der Waals surface area contributed by atoms with Gasteiger partial charge in [-0.1, -0.05) is 0 Å². The van der Waals surface area contributed by atoms with Crippen LogP contribution in [-0.4, -0.2) is 16.1 Å². The predicted octanol–water partition coefficient (Wildman–Crippen LogP) is 4.86. The van der Waals surface area contributed by atoms with Crippen molar-refractivity contribution < 1.29 is 9.90 Å². The highest BCUT2D eigenvalue weighted by atomic mass is 32.2. The van der Waals surface area contributed by atoms with Gasteiger partial charge in [0.2, 0.25) is 0 Å². The van der Waals surface area contributed by atoms with Crippen LogP contribution >= 0.6 is 34.4 Å². The molecule has 0 spiro atoms. The number of thiophene rings is 1. The number of benzene rings is 1. The van der Waals surface area contributed by atoms with Gasteiger partial charge in [0.05, 0.1) is 11.3 Å². The standard InChI is InChI=1S/C15H11NO2S3/c17-15(18)10-1-3-13(4-2-10)20-8-12-9-21-14(16-12)11-5-6-19-7-11/h1-7,9H,8H2,(H,17,18). The highest BCUT2D eigenvalue weighted by Gasteiger charge is 2.06. The summed E-state index contributed by atoms with van der Waals surface area (Å²) in [4.78, 5) is 16.5. The average Bonchev–Trinajstić information content (AvgIpc) is 3.16. The lowest BCUT2D eigenvalue weighted by molar-refractivity contribution is 0.0697. The summed E-state index contributed by atoms with van der Waals surface area (Å²) in [6.07, 6.45) is 0. The third kappa shape index (κ3) is 3.53. The van der Waals surface area contributed by atoms with Crippen LogP contribution < -0.4 is 0 Å². The number of carbonyl (C=O) groups is 1. The molecule has 6 heteroatoms. The smallest absolute Gasteiger partial charge is 0.335 e. The van der Waals surface area contributed by atoms with Crippen molar-refractivity contribution in [1.82, 2.24) is 4.98 Å². The molecule has 0 aliphatic rings. The number of nitrogens with zero attached hydrogens (tertiary/aromatic N) is 1. The molecule has 0 saturated carbocycles. The number of rotatable bonds is 5. The van der Waals surface area contributed by atoms with Crippen LogP contribution in [0.5, 0.6) is 0 Å². The predicted molar refractivity (Wildman–Crippen MR) is 88.4 cm³/mol. The van der Waals surface area contributed by atoms with Gasteiger partial charge in [-0.15, -0.1) is 23.1 Å². The van der Waals surface area contributed by atoms with Gasteiger partial charge in [-0.25, -0.2) is 9.78 Å². The van der Waals surface area contributed by atoms with Gasteiger partial charge < -0.3 is 5.11 Å². The minimum absolute atomic E-state index is 0.313. The van der Waals surface area contributed by atoms with Crippen molar-refractivity contribution in [3.8, 4) is 10.6 Å². The van der Waals surface area contributed by atoms with E-state index in [2.05, 4.69) is 27.2 Å². The second-order valence-corrected chi connectivity index (χ2v) is 6.96. The maximum absolute atomic E-state index is 10.8. The molecule has 2 heterocycles. The number of carboxylic acids is 1. The van der Waals surface area contributed by atoms with Gasteiger partial charge in [-0.05, 0) is 35.7 Å². The van der Waals surface area contributed by atoms with E-state index < -0.39 is 5.97 Å². The van der Waals surface area contributed by atoms with E-state index in [-0.39, 0.29) is 0 Å². The first kappa shape index (κ1) is 14.3. The van der Waals surface area contributed by atoms with Gasteiger partial charge >= 0.3 is 5.97 Å². The molecule has 0 amide bonds. The van der Waals surface area contributed by atoms with E-state index in [4.69, 9.17) is 5.11 Å². The van der Waals surface area contributed by atoms with E-state index in [1.807, 2.05) is 12.1 Å². The Balaban J connectivity index is 1.64. The number of thiazole rings is 1. The summed E-state index contributed by atoms with van der Waals surface area (Å²) in [6, 6.07) is 9.00. The van der Waals surface area contributed by atoms with E-state index in [1.165, 1.54) is 5.56 Å². The number of carboxylic acid groups (broad SMARTS) is 1. The maximum Gasteiger partial charge on any atom is 0.335 e. The minimum Gasteiger partial charge on any atom is -0.478 e. The highest BCUT2D eigenvalue weighted by Crippen LogP contribution is 2.29. The van der Waals surface area contributed by atoms with Crippen molar-refractivity contribution in [2.45, 2.75) is 10.6 Å². The normalized spacial score (nSPS) is 10.7. The number of aromatic nitrogens is 1. The van der Waals surface area contributed by atoms with Crippen LogP contribution in [-0.2, 0) is 5.75 Å². The Morgan fingerprint density at radius 2 is 2.00 bits per heavy atom. The Morgan fingerprint density at radius 1 is 1.19 bits per heavy atom. The first-order chi connectivity index (χ1) is 10.2. The van der Waals surface area contributed by atoms with E-state index in [1.54, 1.807) is 46.6 Å². The lowest BCUT2D eigenvalue weighted by atomic mass is 10.2. The molecule has 21 heavy (non-hydrogen) atoms. The number of aromatic carboxylic acids is 1. The molecule has 0 saturated heterocycles. The molecule has 0 atom stereocenters. The van der Waals surface area contributed by atoms with Gasteiger partial charge in [-0.3, -0.25) is 0 Å². The van der Waals surface area contributed by atoms with Crippen LogP contribution in [0.4, 0.5) is 0 Å². The van der Waals surface area contributed by atoms with Gasteiger partial charge in [0.25, 0.3) is 0 Å². The zero-order valence-electron chi connectivity index (χ0n) is 10.9. The van der Waals surface area contributed by atoms with Crippen LogP contribution in [0.1, 0.15) is 16.1 Å². The van der Waals surface area contributed by atoms with Crippen molar-refractivity contribution in [3.63, 3.8) is 0 Å². The van der Waals surface area contributed by atoms with Crippen molar-refractivity contribution in [1.29, 1.82) is 0 Å². The molecule has 1 N–H and O–H groups in total. The summed E-state index contributed by atoms with van der Waals surface area (Å²) in [6.45, 7) is 0. The molecule has 0 fully saturated rings. The van der Waals surface area contributed by atoms with E-state index in [0.29, 0.717) is 5.56 Å². The molecule has 3 nitrogen and oxygen atoms in total. The quantitative estimate of drug-likeness (QED) is 0.677. The summed E-state index contributed by atoms with van der Waals surface area (Å²) < 4.78 is 0. The first-order valence-corrected chi connectivity index (χ1v) is 8.96. The fourth-order valence-corrected chi connectivity index (χ4v) is 4.17. The van der Waals surface area contributed by atoms with Crippen molar-refractivity contribution in [2.24, 2.45) is 0 Å². The lowest BCUT2D eigenvalue weighted by Crippen LogP contribution is -1.94. The molecule has 0 unspecified atom stereocenters. The van der Waals surface area contributed by atoms with Gasteiger partial charge in [-0.2, -0.15) is 11.3 Å². The molecular weight excluding hydrogens is 322 g/mol. The summed E-state index contributed by atoms with van der Waals surface area (Å²) in [7, 11) is 0. The van der Waals surface area contributed by atoms with Gasteiger partial charge in [0.15, 0.2) is 0 Å². The Morgan fingerprint density at radius 3 is 2.67 bits per heavy atom. The fourth-order valence-electron chi connectivity index (χ4n) is 1.74. The van der Waals surface area contributed by atoms with Crippen LogP contribution in [0.3, 0.4) is 0 Å². The van der Waals surface area contributed by atoms with Crippen LogP contribution in [0.15, 0.2) is 51.4 Å². The summed E-state index contributed by atoms with van der Waals surface area (Å²) in [5.74, 6) is -0.112. The highest BCUT2D eigenvalue weighted by molar-refractivity contribution is 7.98. The van der Waals surface area contributed by atoms with Gasteiger partial charge in [0, 0.05) is 27.0 Å². The molecule has 0 radical (unpaired) electrons. The molecular formula is C15H11NO2S3. The molecule has 3 aromatic rings. The molecule has 2 aromatic heterocycles. The average molecular weight is 333 g/mol. The summed E-state index contributed by atoms with van der Waals surface area (Å²) in [5.41, 5.74) is 2.54. The molecule has 1 aromatic carbocycles. The molecule has 106 valence electrons. The van der Waals surface area contributed by atoms with E-state index >= 15 is 0 Å². The molecule has 3 rings (SSSR count). The monoisotopic (exact) mass is 333 g/mol. The molecule has 0 aliphatic heterocycles. The van der Waals surface area contributed by atoms with Crippen LogP contribution in [0, 0.1) is 0 Å². The SMILES string of the molecule is O=C(O)c1ccc(SCc2csc(-c3ccsc3)n2)cc1. The Kier molecular flexibility index (Phi) is 4.38. The van der Waals surface area contributed by atoms with E-state index in [9.17, 15) is 4.79 Å². The van der Waals surface area contributed by atoms with Crippen molar-refractivity contribution >= 4 is 40.4 Å². The van der Waals surface area contributed by atoms with Crippen molar-refractivity contribution in [3.05, 3.63) is 57.7 Å². The van der Waals surface area contributed by atoms with E-state index in [0.717, 1.165) is 21.3 Å². The number of thioether (sulfide) groups is 1. The molecule has 0 aliphatic carbocycles. The van der Waals surface area contributed by atoms with Crippen LogP contribution in [0.25, 0.3) is 10.6 Å². The summed E-state index contributed by atoms with van der Waals surface area (Å²) >= 11 is 4.98. The first-order valence-electron chi connectivity index (χ1n) is 6.15. The zero-order valence-corrected chi connectivity index (χ0v) is 13.3. The largest absolute Gasteiger partial charge is 0.478 e. The molecule has 0 bridgehead atoms. The number of hydrogen-bond donors (Lipinski definition) is 1. The Bertz CT molecular complexity index is 733. The zero-order chi connectivity index (χ0) is 14.7. The Labute approximate surface area is 134 Å². The fraction of sp³-hybridized carbons (Fsp3) is 0.0667. The minimum atomic E-state index is -0.897. The van der Waals surface area contributed by atoms with Crippen molar-refractivity contribution in [2.75, 3.05) is 0 Å². The maximum atomic E-state index is 10.8. The third-order valence-electron chi connectivity index (χ3n) is 2.81. The number of hydrogen-bond acceptors (Lipinski definition) is 5. The van der Waals surface area contributed by atoms with Crippen LogP contribution in [0.2, 0.25) is 0 Å². The summed E-state index contributed by atoms with van der Waals surface area (Å²) in [5, 5.41) is 16.1. The Hall–Kier alpha value is -1.63. The lowest BCUT2D eigenvalue weighted by Gasteiger charge is -2.00. The second-order valence-electron chi connectivity index (χ2n) is 4.27. The van der Waals surface area contributed by atoms with Gasteiger partial charge in [0.1, 0.15) is 5.01 Å². The second kappa shape index (κ2) is 6.43. The third-order valence-corrected chi connectivity index (χ3v) is 5.48.